The maximum Gasteiger partial charge on any atom is 0.416 e. The fourth-order valence-electron chi connectivity index (χ4n) is 3.45. The monoisotopic (exact) mass is 504 g/mol. The molecule has 0 spiro atoms. The first kappa shape index (κ1) is 25.1. The van der Waals surface area contributed by atoms with Crippen LogP contribution in [-0.2, 0) is 12.6 Å². The minimum atomic E-state index is -4.53. The summed E-state index contributed by atoms with van der Waals surface area (Å²) in [5, 5.41) is 2.95. The molecule has 0 aliphatic heterocycles. The Morgan fingerprint density at radius 3 is 2.44 bits per heavy atom. The molecular weight excluding hydrogens is 483 g/mol. The van der Waals surface area contributed by atoms with Crippen LogP contribution in [0.4, 0.5) is 27.8 Å². The molecule has 0 fully saturated rings. The zero-order chi connectivity index (χ0) is 25.9. The molecule has 0 aliphatic rings. The van der Waals surface area contributed by atoms with Gasteiger partial charge in [-0.05, 0) is 56.2 Å². The van der Waals surface area contributed by atoms with Crippen molar-refractivity contribution in [1.29, 1.82) is 0 Å². The van der Waals surface area contributed by atoms with Crippen LogP contribution in [0.3, 0.4) is 0 Å². The molecule has 36 heavy (non-hydrogen) atoms. The highest BCUT2D eigenvalue weighted by Crippen LogP contribution is 2.35. The summed E-state index contributed by atoms with van der Waals surface area (Å²) < 4.78 is 78.7. The van der Waals surface area contributed by atoms with E-state index in [1.807, 2.05) is 0 Å². The van der Waals surface area contributed by atoms with Crippen LogP contribution in [-0.4, -0.2) is 27.6 Å². The molecule has 2 aromatic carbocycles. The van der Waals surface area contributed by atoms with Crippen LogP contribution in [0.5, 0.6) is 17.4 Å². The molecule has 0 bridgehead atoms. The molecule has 0 radical (unpaired) electrons. The number of nitrogens with one attached hydrogen (secondary N) is 1. The van der Waals surface area contributed by atoms with Crippen molar-refractivity contribution >= 4 is 16.7 Å². The second-order valence-corrected chi connectivity index (χ2v) is 8.08. The molecule has 0 unspecified atom stereocenters. The second kappa shape index (κ2) is 10.3. The highest BCUT2D eigenvalue weighted by molar-refractivity contribution is 5.89. The number of nitrogens with zero attached hydrogens (tertiary/aromatic N) is 3. The number of pyridine rings is 1. The van der Waals surface area contributed by atoms with E-state index in [9.17, 15) is 22.0 Å². The molecule has 6 nitrogen and oxygen atoms in total. The molecule has 1 N–H and O–H groups in total. The Labute approximate surface area is 203 Å². The zero-order valence-corrected chi connectivity index (χ0v) is 19.2. The summed E-state index contributed by atoms with van der Waals surface area (Å²) in [7, 11) is 0. The maximum absolute atomic E-state index is 14.3. The molecule has 4 rings (SSSR count). The molecule has 0 aliphatic carbocycles. The number of rotatable bonds is 8. The van der Waals surface area contributed by atoms with Crippen molar-refractivity contribution in [3.63, 3.8) is 0 Å². The lowest BCUT2D eigenvalue weighted by atomic mass is 10.1. The van der Waals surface area contributed by atoms with Gasteiger partial charge < -0.3 is 14.8 Å². The van der Waals surface area contributed by atoms with E-state index >= 15 is 0 Å². The van der Waals surface area contributed by atoms with Crippen molar-refractivity contribution in [3.05, 3.63) is 77.8 Å². The number of alkyl halides is 3. The molecule has 0 atom stereocenters. The molecule has 4 aromatic rings. The molecule has 0 amide bonds. The number of halogens is 5. The predicted octanol–water partition coefficient (Wildman–Crippen LogP) is 6.56. The molecule has 188 valence electrons. The van der Waals surface area contributed by atoms with E-state index in [2.05, 4.69) is 20.3 Å². The van der Waals surface area contributed by atoms with Gasteiger partial charge in [-0.15, -0.1) is 0 Å². The summed E-state index contributed by atoms with van der Waals surface area (Å²) in [6, 6.07) is 8.67. The number of aromatic nitrogens is 3. The van der Waals surface area contributed by atoms with Crippen LogP contribution in [0.25, 0.3) is 10.9 Å². The fourth-order valence-corrected chi connectivity index (χ4v) is 3.45. The van der Waals surface area contributed by atoms with E-state index in [0.29, 0.717) is 18.7 Å². The van der Waals surface area contributed by atoms with Gasteiger partial charge in [0.1, 0.15) is 29.3 Å². The molecule has 0 saturated carbocycles. The molecule has 2 heterocycles. The average molecular weight is 504 g/mol. The van der Waals surface area contributed by atoms with E-state index in [1.54, 1.807) is 32.0 Å². The highest BCUT2D eigenvalue weighted by atomic mass is 19.4. The van der Waals surface area contributed by atoms with E-state index in [-0.39, 0.29) is 34.5 Å². The zero-order valence-electron chi connectivity index (χ0n) is 19.2. The van der Waals surface area contributed by atoms with Crippen molar-refractivity contribution < 1.29 is 31.4 Å². The Hall–Kier alpha value is -4.02. The third-order valence-electron chi connectivity index (χ3n) is 5.04. The van der Waals surface area contributed by atoms with Gasteiger partial charge in [0.25, 0.3) is 0 Å². The lowest BCUT2D eigenvalue weighted by Gasteiger charge is -2.16. The first-order valence-electron chi connectivity index (χ1n) is 10.9. The van der Waals surface area contributed by atoms with Crippen LogP contribution in [0.15, 0.2) is 55.0 Å². The Bertz CT molecular complexity index is 1380. The Morgan fingerprint density at radius 2 is 1.69 bits per heavy atom. The lowest BCUT2D eigenvalue weighted by molar-refractivity contribution is -0.137. The normalized spacial score (nSPS) is 11.7. The lowest BCUT2D eigenvalue weighted by Crippen LogP contribution is -2.10. The third-order valence-corrected chi connectivity index (χ3v) is 5.04. The number of hydrogen-bond acceptors (Lipinski definition) is 6. The minimum absolute atomic E-state index is 0.0429. The van der Waals surface area contributed by atoms with Gasteiger partial charge in [-0.3, -0.25) is 0 Å². The van der Waals surface area contributed by atoms with Crippen molar-refractivity contribution in [2.45, 2.75) is 32.5 Å². The van der Waals surface area contributed by atoms with Crippen molar-refractivity contribution in [3.8, 4) is 17.4 Å². The van der Waals surface area contributed by atoms with Gasteiger partial charge in [0, 0.05) is 18.8 Å². The van der Waals surface area contributed by atoms with Gasteiger partial charge in [0.2, 0.25) is 5.88 Å². The van der Waals surface area contributed by atoms with E-state index in [0.717, 1.165) is 42.4 Å². The van der Waals surface area contributed by atoms with Gasteiger partial charge in [0.05, 0.1) is 17.1 Å². The summed E-state index contributed by atoms with van der Waals surface area (Å²) in [4.78, 5) is 11.7. The second-order valence-electron chi connectivity index (χ2n) is 8.08. The predicted molar refractivity (Wildman–Crippen MR) is 123 cm³/mol. The molecule has 2 aromatic heterocycles. The molecular formula is C25H21F5N4O2. The number of ether oxygens (including phenoxy) is 2. The Morgan fingerprint density at radius 1 is 0.917 bits per heavy atom. The fraction of sp³-hybridized carbons (Fsp3) is 0.240. The quantitative estimate of drug-likeness (QED) is 0.274. The minimum Gasteiger partial charge on any atom is -0.487 e. The largest absolute Gasteiger partial charge is 0.487 e. The number of hydrogen-bond donors (Lipinski definition) is 1. The van der Waals surface area contributed by atoms with E-state index < -0.39 is 23.4 Å². The van der Waals surface area contributed by atoms with Gasteiger partial charge in [-0.25, -0.2) is 23.7 Å². The number of anilines is 1. The summed E-state index contributed by atoms with van der Waals surface area (Å²) >= 11 is 0. The standard InChI is InChI=1S/C25H21F5N4O2/c1-14(2)35-20-11-15(3-6-19(20)36-21-12-16(8-10-31-21)25(28,29)30)7-9-32-24-22-17(26)4-5-18(27)23(22)33-13-34-24/h3-6,8,10-14H,7,9H2,1-2H3,(H,32,33,34). The molecule has 11 heteroatoms. The topological polar surface area (TPSA) is 69.2 Å². The average Bonchev–Trinajstić information content (AvgIpc) is 2.82. The summed E-state index contributed by atoms with van der Waals surface area (Å²) in [5.74, 6) is -0.845. The van der Waals surface area contributed by atoms with Crippen molar-refractivity contribution in [1.82, 2.24) is 15.0 Å². The Kier molecular flexibility index (Phi) is 7.18. The highest BCUT2D eigenvalue weighted by Gasteiger charge is 2.31. The van der Waals surface area contributed by atoms with Gasteiger partial charge in [-0.2, -0.15) is 13.2 Å². The molecule has 0 saturated heterocycles. The van der Waals surface area contributed by atoms with Gasteiger partial charge >= 0.3 is 6.18 Å². The Balaban J connectivity index is 1.51. The number of fused-ring (bicyclic) bond motifs is 1. The van der Waals surface area contributed by atoms with Gasteiger partial charge in [0.15, 0.2) is 11.5 Å². The number of benzene rings is 2. The smallest absolute Gasteiger partial charge is 0.416 e. The van der Waals surface area contributed by atoms with Crippen molar-refractivity contribution in [2.75, 3.05) is 11.9 Å². The van der Waals surface area contributed by atoms with Gasteiger partial charge in [-0.1, -0.05) is 6.07 Å². The first-order valence-corrected chi connectivity index (χ1v) is 10.9. The van der Waals surface area contributed by atoms with Crippen LogP contribution < -0.4 is 14.8 Å². The summed E-state index contributed by atoms with van der Waals surface area (Å²) in [5.41, 5.74) is -0.201. The first-order chi connectivity index (χ1) is 17.1. The van der Waals surface area contributed by atoms with E-state index in [1.165, 1.54) is 0 Å². The maximum atomic E-state index is 14.3. The summed E-state index contributed by atoms with van der Waals surface area (Å²) in [6.07, 6.45) is -2.15. The van der Waals surface area contributed by atoms with Crippen LogP contribution in [0, 0.1) is 11.6 Å². The van der Waals surface area contributed by atoms with Crippen molar-refractivity contribution in [2.24, 2.45) is 0 Å². The van der Waals surface area contributed by atoms with Crippen LogP contribution in [0.1, 0.15) is 25.0 Å². The summed E-state index contributed by atoms with van der Waals surface area (Å²) in [6.45, 7) is 3.92. The van der Waals surface area contributed by atoms with Crippen LogP contribution >= 0.6 is 0 Å². The third kappa shape index (κ3) is 5.78. The SMILES string of the molecule is CC(C)Oc1cc(CCNc2ncnc3c(F)ccc(F)c23)ccc1Oc1cc(C(F)(F)F)ccn1. The van der Waals surface area contributed by atoms with E-state index in [4.69, 9.17) is 9.47 Å². The van der Waals surface area contributed by atoms with Crippen LogP contribution in [0.2, 0.25) is 0 Å².